The average molecular weight is 348 g/mol. The summed E-state index contributed by atoms with van der Waals surface area (Å²) in [6, 6.07) is 11.9. The number of benzene rings is 1. The molecule has 1 aromatic carbocycles. The molecular weight excluding hydrogens is 324 g/mol. The zero-order valence-electron chi connectivity index (χ0n) is 13.8. The third kappa shape index (κ3) is 4.56. The predicted molar refractivity (Wildman–Crippen MR) is 91.5 cm³/mol. The number of rotatable bonds is 7. The molecule has 0 aliphatic heterocycles. The van der Waals surface area contributed by atoms with Crippen molar-refractivity contribution in [2.24, 2.45) is 5.41 Å². The van der Waals surface area contributed by atoms with E-state index in [0.717, 1.165) is 31.2 Å². The molecule has 0 unspecified atom stereocenters. The Kier molecular flexibility index (Phi) is 5.24. The molecule has 2 fully saturated rings. The van der Waals surface area contributed by atoms with Gasteiger partial charge in [-0.1, -0.05) is 43.2 Å². The summed E-state index contributed by atoms with van der Waals surface area (Å²) < 4.78 is 33.6. The summed E-state index contributed by atoms with van der Waals surface area (Å²) in [5.41, 5.74) is 0.437. The fourth-order valence-electron chi connectivity index (χ4n) is 3.28. The molecule has 24 heavy (non-hydrogen) atoms. The minimum atomic E-state index is -3.46. The average Bonchev–Trinajstić information content (AvgIpc) is 3.34. The van der Waals surface area contributed by atoms with Gasteiger partial charge in [-0.15, -0.1) is 0 Å². The highest BCUT2D eigenvalue weighted by molar-refractivity contribution is 7.89. The summed E-state index contributed by atoms with van der Waals surface area (Å²) in [6.45, 7) is 0.492. The first-order valence-electron chi connectivity index (χ1n) is 8.59. The summed E-state index contributed by atoms with van der Waals surface area (Å²) in [5.74, 6) is -0.0849. The lowest BCUT2D eigenvalue weighted by Crippen LogP contribution is -2.47. The van der Waals surface area contributed by atoms with E-state index < -0.39 is 15.4 Å². The minimum absolute atomic E-state index is 0.0849. The van der Waals surface area contributed by atoms with E-state index in [2.05, 4.69) is 10.8 Å². The van der Waals surface area contributed by atoms with Gasteiger partial charge in [0, 0.05) is 6.04 Å². The van der Waals surface area contributed by atoms with Crippen molar-refractivity contribution >= 4 is 10.0 Å². The molecule has 0 bridgehead atoms. The quantitative estimate of drug-likeness (QED) is 0.822. The number of hydrogen-bond acceptors (Lipinski definition) is 4. The van der Waals surface area contributed by atoms with E-state index in [1.807, 2.05) is 30.3 Å². The van der Waals surface area contributed by atoms with E-state index in [1.165, 1.54) is 0 Å². The highest BCUT2D eigenvalue weighted by Gasteiger charge is 2.47. The highest BCUT2D eigenvalue weighted by atomic mass is 32.2. The minimum Gasteiger partial charge on any atom is -0.372 e. The number of ether oxygens (including phenoxy) is 1. The summed E-state index contributed by atoms with van der Waals surface area (Å²) >= 11 is 0. The molecular formula is C18H24N2O3S. The lowest BCUT2D eigenvalue weighted by atomic mass is 9.93. The van der Waals surface area contributed by atoms with Gasteiger partial charge < -0.3 is 4.74 Å². The Morgan fingerprint density at radius 3 is 2.58 bits per heavy atom. The van der Waals surface area contributed by atoms with E-state index in [0.29, 0.717) is 19.4 Å². The second-order valence-corrected chi connectivity index (χ2v) is 8.75. The van der Waals surface area contributed by atoms with Crippen molar-refractivity contribution in [2.75, 3.05) is 5.75 Å². The summed E-state index contributed by atoms with van der Waals surface area (Å²) in [6.07, 6.45) is 4.97. The van der Waals surface area contributed by atoms with Gasteiger partial charge in [-0.3, -0.25) is 0 Å². The van der Waals surface area contributed by atoms with Gasteiger partial charge in [-0.2, -0.15) is 5.26 Å². The van der Waals surface area contributed by atoms with Crippen LogP contribution in [0.3, 0.4) is 0 Å². The van der Waals surface area contributed by atoms with Crippen molar-refractivity contribution in [1.82, 2.24) is 4.72 Å². The van der Waals surface area contributed by atoms with Crippen molar-refractivity contribution in [2.45, 2.75) is 57.3 Å². The Balaban J connectivity index is 1.59. The van der Waals surface area contributed by atoms with E-state index in [-0.39, 0.29) is 17.9 Å². The van der Waals surface area contributed by atoms with Crippen LogP contribution in [0.4, 0.5) is 0 Å². The van der Waals surface area contributed by atoms with Crippen LogP contribution >= 0.6 is 0 Å². The van der Waals surface area contributed by atoms with E-state index in [4.69, 9.17) is 10.00 Å². The standard InChI is InChI=1S/C18H24N2O3S/c19-13-18(10-11-18)14-24(21,22)20-16-8-4-5-9-17(16)23-12-15-6-2-1-3-7-15/h1-3,6-7,16-17,20H,4-5,8-12,14H2/t16-,17-/m0/s1. The first kappa shape index (κ1) is 17.4. The number of hydrogen-bond donors (Lipinski definition) is 1. The Hall–Kier alpha value is -1.42. The molecule has 0 radical (unpaired) electrons. The molecule has 1 N–H and O–H groups in total. The van der Waals surface area contributed by atoms with Crippen LogP contribution in [0.25, 0.3) is 0 Å². The smallest absolute Gasteiger partial charge is 0.213 e. The predicted octanol–water partition coefficient (Wildman–Crippen LogP) is 2.74. The molecule has 0 spiro atoms. The molecule has 2 atom stereocenters. The normalized spacial score (nSPS) is 25.8. The van der Waals surface area contributed by atoms with Gasteiger partial charge >= 0.3 is 0 Å². The van der Waals surface area contributed by atoms with Crippen molar-refractivity contribution in [3.8, 4) is 6.07 Å². The lowest BCUT2D eigenvalue weighted by Gasteiger charge is -2.32. The van der Waals surface area contributed by atoms with Gasteiger partial charge in [0.05, 0.1) is 29.9 Å². The van der Waals surface area contributed by atoms with E-state index >= 15 is 0 Å². The molecule has 2 aliphatic carbocycles. The summed E-state index contributed by atoms with van der Waals surface area (Å²) in [5, 5.41) is 9.12. The highest BCUT2D eigenvalue weighted by Crippen LogP contribution is 2.45. The SMILES string of the molecule is N#CC1(CS(=O)(=O)N[C@H]2CCCC[C@@H]2OCc2ccccc2)CC1. The van der Waals surface area contributed by atoms with Crippen LogP contribution in [-0.2, 0) is 21.4 Å². The first-order chi connectivity index (χ1) is 11.5. The van der Waals surface area contributed by atoms with Crippen LogP contribution in [0, 0.1) is 16.7 Å². The monoisotopic (exact) mass is 348 g/mol. The topological polar surface area (TPSA) is 79.2 Å². The van der Waals surface area contributed by atoms with Crippen LogP contribution in [0.2, 0.25) is 0 Å². The first-order valence-corrected chi connectivity index (χ1v) is 10.2. The molecule has 0 heterocycles. The third-order valence-electron chi connectivity index (χ3n) is 4.90. The molecule has 130 valence electrons. The van der Waals surface area contributed by atoms with Crippen molar-refractivity contribution in [3.05, 3.63) is 35.9 Å². The zero-order valence-corrected chi connectivity index (χ0v) is 14.6. The molecule has 2 aliphatic rings. The molecule has 6 heteroatoms. The van der Waals surface area contributed by atoms with Gasteiger partial charge in [0.1, 0.15) is 0 Å². The molecule has 0 amide bonds. The molecule has 0 aromatic heterocycles. The van der Waals surface area contributed by atoms with Crippen molar-refractivity contribution < 1.29 is 13.2 Å². The van der Waals surface area contributed by atoms with Crippen LogP contribution < -0.4 is 4.72 Å². The zero-order chi connectivity index (χ0) is 17.0. The molecule has 2 saturated carbocycles. The van der Waals surface area contributed by atoms with Gasteiger partial charge in [0.15, 0.2) is 0 Å². The lowest BCUT2D eigenvalue weighted by molar-refractivity contribution is 0.0000145. The fourth-order valence-corrected chi connectivity index (χ4v) is 5.18. The maximum atomic E-state index is 12.4. The Labute approximate surface area is 144 Å². The van der Waals surface area contributed by atoms with Gasteiger partial charge in [-0.05, 0) is 31.2 Å². The number of nitrogens with one attached hydrogen (secondary N) is 1. The van der Waals surface area contributed by atoms with Gasteiger partial charge in [0.2, 0.25) is 10.0 Å². The maximum absolute atomic E-state index is 12.4. The molecule has 0 saturated heterocycles. The fraction of sp³-hybridized carbons (Fsp3) is 0.611. The van der Waals surface area contributed by atoms with E-state index in [1.54, 1.807) is 0 Å². The Morgan fingerprint density at radius 2 is 1.92 bits per heavy atom. The Bertz CT molecular complexity index is 693. The van der Waals surface area contributed by atoms with Crippen LogP contribution in [0.15, 0.2) is 30.3 Å². The van der Waals surface area contributed by atoms with Crippen LogP contribution in [0.1, 0.15) is 44.1 Å². The largest absolute Gasteiger partial charge is 0.372 e. The molecule has 5 nitrogen and oxygen atoms in total. The van der Waals surface area contributed by atoms with Gasteiger partial charge in [0.25, 0.3) is 0 Å². The van der Waals surface area contributed by atoms with Crippen molar-refractivity contribution in [1.29, 1.82) is 5.26 Å². The number of nitriles is 1. The van der Waals surface area contributed by atoms with Crippen LogP contribution in [0.5, 0.6) is 0 Å². The maximum Gasteiger partial charge on any atom is 0.213 e. The molecule has 3 rings (SSSR count). The number of sulfonamides is 1. The van der Waals surface area contributed by atoms with Gasteiger partial charge in [-0.25, -0.2) is 13.1 Å². The Morgan fingerprint density at radius 1 is 1.21 bits per heavy atom. The number of nitrogens with zero attached hydrogens (tertiary/aromatic N) is 1. The van der Waals surface area contributed by atoms with E-state index in [9.17, 15) is 8.42 Å². The second-order valence-electron chi connectivity index (χ2n) is 7.00. The summed E-state index contributed by atoms with van der Waals surface area (Å²) in [7, 11) is -3.46. The van der Waals surface area contributed by atoms with Crippen molar-refractivity contribution in [3.63, 3.8) is 0 Å². The van der Waals surface area contributed by atoms with Crippen LogP contribution in [-0.4, -0.2) is 26.3 Å². The summed E-state index contributed by atoms with van der Waals surface area (Å²) in [4.78, 5) is 0. The second kappa shape index (κ2) is 7.22. The third-order valence-corrected chi connectivity index (χ3v) is 6.49. The molecule has 1 aromatic rings.